The highest BCUT2D eigenvalue weighted by Gasteiger charge is 2.39. The molecule has 2 N–H and O–H groups in total. The molecular formula is C25H30N6O4. The average Bonchev–Trinajstić information content (AvgIpc) is 3.48. The maximum atomic E-state index is 13.2. The van der Waals surface area contributed by atoms with E-state index in [-0.39, 0.29) is 30.0 Å². The molecular weight excluding hydrogens is 448 g/mol. The Labute approximate surface area is 202 Å². The van der Waals surface area contributed by atoms with Gasteiger partial charge in [-0.25, -0.2) is 9.67 Å². The van der Waals surface area contributed by atoms with Gasteiger partial charge in [0, 0.05) is 37.8 Å². The molecule has 184 valence electrons. The third-order valence-electron chi connectivity index (χ3n) is 7.57. The lowest BCUT2D eigenvalue weighted by molar-refractivity contribution is -0.137. The zero-order valence-corrected chi connectivity index (χ0v) is 19.6. The second-order valence-electron chi connectivity index (χ2n) is 10.2. The number of amides is 1. The van der Waals surface area contributed by atoms with Crippen LogP contribution in [0.5, 0.6) is 0 Å². The maximum Gasteiger partial charge on any atom is 0.264 e. The first-order chi connectivity index (χ1) is 16.9. The number of aromatic nitrogens is 4. The van der Waals surface area contributed by atoms with Crippen LogP contribution in [-0.2, 0) is 11.3 Å². The molecule has 2 aromatic heterocycles. The summed E-state index contributed by atoms with van der Waals surface area (Å²) < 4.78 is 3.09. The van der Waals surface area contributed by atoms with Crippen molar-refractivity contribution in [1.29, 1.82) is 0 Å². The van der Waals surface area contributed by atoms with E-state index in [4.69, 9.17) is 0 Å². The summed E-state index contributed by atoms with van der Waals surface area (Å²) in [6.07, 6.45) is 6.31. The molecule has 4 heterocycles. The van der Waals surface area contributed by atoms with Gasteiger partial charge < -0.3 is 20.0 Å². The second-order valence-corrected chi connectivity index (χ2v) is 10.2. The number of hydrogen-bond donors (Lipinski definition) is 2. The second kappa shape index (κ2) is 8.46. The molecule has 1 aliphatic carbocycles. The Hall–Kier alpha value is -3.24. The van der Waals surface area contributed by atoms with Crippen molar-refractivity contribution in [1.82, 2.24) is 24.2 Å². The molecule has 0 spiro atoms. The number of carbonyl (C=O) groups excluding carboxylic acids is 1. The van der Waals surface area contributed by atoms with Crippen molar-refractivity contribution in [3.63, 3.8) is 0 Å². The molecule has 3 fully saturated rings. The Morgan fingerprint density at radius 1 is 1.06 bits per heavy atom. The molecule has 0 radical (unpaired) electrons. The number of piperidine rings is 1. The number of likely N-dealkylation sites (tertiary alicyclic amines) is 1. The molecule has 10 nitrogen and oxygen atoms in total. The van der Waals surface area contributed by atoms with Crippen LogP contribution < -0.4 is 10.5 Å². The quantitative estimate of drug-likeness (QED) is 0.560. The number of benzene rings is 1. The number of anilines is 1. The van der Waals surface area contributed by atoms with Gasteiger partial charge in [-0.05, 0) is 56.4 Å². The maximum absolute atomic E-state index is 13.2. The Morgan fingerprint density at radius 2 is 1.77 bits per heavy atom. The lowest BCUT2D eigenvalue weighted by Crippen LogP contribution is -2.50. The highest BCUT2D eigenvalue weighted by atomic mass is 16.3. The van der Waals surface area contributed by atoms with Gasteiger partial charge in [0.15, 0.2) is 5.65 Å². The SMILES string of the molecule is O=C(C1CC1)N1CCC(O)(Cn2cnc3c(cnn3-c3ccc(N4CC[C@H](O)C4)cc3)c2=O)CC1. The van der Waals surface area contributed by atoms with Crippen LogP contribution in [0, 0.1) is 5.92 Å². The lowest BCUT2D eigenvalue weighted by atomic mass is 9.91. The fourth-order valence-electron chi connectivity index (χ4n) is 5.24. The lowest BCUT2D eigenvalue weighted by Gasteiger charge is -2.38. The van der Waals surface area contributed by atoms with Crippen LogP contribution in [0.4, 0.5) is 5.69 Å². The van der Waals surface area contributed by atoms with Gasteiger partial charge in [-0.1, -0.05) is 0 Å². The van der Waals surface area contributed by atoms with E-state index in [0.29, 0.717) is 43.5 Å². The van der Waals surface area contributed by atoms with Gasteiger partial charge in [-0.2, -0.15) is 5.10 Å². The number of hydrogen-bond acceptors (Lipinski definition) is 7. The monoisotopic (exact) mass is 478 g/mol. The van der Waals surface area contributed by atoms with E-state index in [1.165, 1.54) is 17.1 Å². The zero-order valence-electron chi connectivity index (χ0n) is 19.6. The van der Waals surface area contributed by atoms with E-state index < -0.39 is 5.60 Å². The summed E-state index contributed by atoms with van der Waals surface area (Å²) in [6, 6.07) is 7.83. The van der Waals surface area contributed by atoms with Crippen LogP contribution in [-0.4, -0.2) is 78.2 Å². The summed E-state index contributed by atoms with van der Waals surface area (Å²) in [5.74, 6) is 0.377. The minimum atomic E-state index is -1.05. The number of β-amino-alcohol motifs (C(OH)–C–C–N with tert-alkyl or cyclic N) is 1. The van der Waals surface area contributed by atoms with Crippen LogP contribution in [0.1, 0.15) is 32.1 Å². The summed E-state index contributed by atoms with van der Waals surface area (Å²) in [6.45, 7) is 2.63. The summed E-state index contributed by atoms with van der Waals surface area (Å²) in [5.41, 5.74) is 1.00. The van der Waals surface area contributed by atoms with Crippen molar-refractivity contribution >= 4 is 22.6 Å². The molecule has 1 amide bonds. The predicted octanol–water partition coefficient (Wildman–Crippen LogP) is 0.917. The molecule has 1 aromatic carbocycles. The van der Waals surface area contributed by atoms with E-state index in [9.17, 15) is 19.8 Å². The number of aliphatic hydroxyl groups excluding tert-OH is 1. The molecule has 10 heteroatoms. The van der Waals surface area contributed by atoms with E-state index in [1.807, 2.05) is 29.2 Å². The number of aliphatic hydroxyl groups is 2. The Morgan fingerprint density at radius 3 is 2.43 bits per heavy atom. The molecule has 35 heavy (non-hydrogen) atoms. The molecule has 3 aromatic rings. The summed E-state index contributed by atoms with van der Waals surface area (Å²) >= 11 is 0. The van der Waals surface area contributed by atoms with Crippen LogP contribution >= 0.6 is 0 Å². The topological polar surface area (TPSA) is 117 Å². The Kier molecular flexibility index (Phi) is 5.37. The van der Waals surface area contributed by atoms with Gasteiger partial charge in [0.05, 0.1) is 30.1 Å². The Bertz CT molecular complexity index is 1300. The largest absolute Gasteiger partial charge is 0.391 e. The number of carbonyl (C=O) groups is 1. The number of nitrogens with zero attached hydrogens (tertiary/aromatic N) is 6. The van der Waals surface area contributed by atoms with Crippen LogP contribution in [0.25, 0.3) is 16.7 Å². The summed E-state index contributed by atoms with van der Waals surface area (Å²) in [5, 5.41) is 25.7. The van der Waals surface area contributed by atoms with Gasteiger partial charge in [-0.15, -0.1) is 0 Å². The van der Waals surface area contributed by atoms with Crippen molar-refractivity contribution in [3.8, 4) is 5.69 Å². The molecule has 1 saturated carbocycles. The van der Waals surface area contributed by atoms with Crippen molar-refractivity contribution < 1.29 is 15.0 Å². The fourth-order valence-corrected chi connectivity index (χ4v) is 5.24. The molecule has 3 aliphatic rings. The standard InChI is InChI=1S/C25H30N6O4/c32-20-7-10-29(14-20)18-3-5-19(6-4-18)31-22-21(13-27-31)24(34)30(16-26-22)15-25(35)8-11-28(12-9-25)23(33)17-1-2-17/h3-6,13,16-17,20,32,35H,1-2,7-12,14-15H2/t20-/m0/s1. The molecule has 0 bridgehead atoms. The molecule has 6 rings (SSSR count). The summed E-state index contributed by atoms with van der Waals surface area (Å²) in [7, 11) is 0. The highest BCUT2D eigenvalue weighted by Crippen LogP contribution is 2.33. The van der Waals surface area contributed by atoms with E-state index in [0.717, 1.165) is 37.2 Å². The predicted molar refractivity (Wildman–Crippen MR) is 129 cm³/mol. The van der Waals surface area contributed by atoms with Crippen LogP contribution in [0.3, 0.4) is 0 Å². The number of rotatable bonds is 5. The first kappa shape index (κ1) is 22.2. The van der Waals surface area contributed by atoms with Crippen molar-refractivity contribution in [2.24, 2.45) is 5.92 Å². The highest BCUT2D eigenvalue weighted by molar-refractivity contribution is 5.81. The zero-order chi connectivity index (χ0) is 24.2. The minimum Gasteiger partial charge on any atom is -0.391 e. The van der Waals surface area contributed by atoms with E-state index in [1.54, 1.807) is 4.68 Å². The normalized spacial score (nSPS) is 22.2. The molecule has 2 saturated heterocycles. The van der Waals surface area contributed by atoms with Crippen LogP contribution in [0.15, 0.2) is 41.6 Å². The van der Waals surface area contributed by atoms with E-state index >= 15 is 0 Å². The van der Waals surface area contributed by atoms with Gasteiger partial charge in [0.1, 0.15) is 11.7 Å². The van der Waals surface area contributed by atoms with Crippen molar-refractivity contribution in [2.75, 3.05) is 31.1 Å². The van der Waals surface area contributed by atoms with Crippen LogP contribution in [0.2, 0.25) is 0 Å². The average molecular weight is 479 g/mol. The van der Waals surface area contributed by atoms with Crippen molar-refractivity contribution in [3.05, 3.63) is 47.1 Å². The Balaban J connectivity index is 1.19. The van der Waals surface area contributed by atoms with Gasteiger partial charge >= 0.3 is 0 Å². The van der Waals surface area contributed by atoms with Gasteiger partial charge in [0.2, 0.25) is 5.91 Å². The molecule has 0 unspecified atom stereocenters. The third-order valence-corrected chi connectivity index (χ3v) is 7.57. The van der Waals surface area contributed by atoms with Crippen molar-refractivity contribution in [2.45, 2.75) is 50.4 Å². The first-order valence-electron chi connectivity index (χ1n) is 12.4. The smallest absolute Gasteiger partial charge is 0.264 e. The number of fused-ring (bicyclic) bond motifs is 1. The first-order valence-corrected chi connectivity index (χ1v) is 12.4. The minimum absolute atomic E-state index is 0.141. The summed E-state index contributed by atoms with van der Waals surface area (Å²) in [4.78, 5) is 34.0. The van der Waals surface area contributed by atoms with Gasteiger partial charge in [-0.3, -0.25) is 14.2 Å². The van der Waals surface area contributed by atoms with E-state index in [2.05, 4.69) is 15.0 Å². The molecule has 2 aliphatic heterocycles. The fraction of sp³-hybridized carbons (Fsp3) is 0.520. The molecule has 1 atom stereocenters. The van der Waals surface area contributed by atoms with Gasteiger partial charge in [0.25, 0.3) is 5.56 Å². The third kappa shape index (κ3) is 4.21.